The quantitative estimate of drug-likeness (QED) is 0.234. The van der Waals surface area contributed by atoms with Gasteiger partial charge in [0.05, 0.1) is 5.69 Å². The second-order valence-electron chi connectivity index (χ2n) is 9.81. The Kier molecular flexibility index (Phi) is 5.04. The number of hydrogen-bond donors (Lipinski definition) is 0. The summed E-state index contributed by atoms with van der Waals surface area (Å²) in [6.07, 6.45) is 0. The molecule has 0 aliphatic heterocycles. The Labute approximate surface area is 229 Å². The molecule has 39 heavy (non-hydrogen) atoms. The van der Waals surface area contributed by atoms with Crippen molar-refractivity contribution in [2.75, 3.05) is 0 Å². The highest BCUT2D eigenvalue weighted by atomic mass is 32.1. The summed E-state index contributed by atoms with van der Waals surface area (Å²) in [5.41, 5.74) is 5.48. The molecule has 2 heterocycles. The fourth-order valence-electron chi connectivity index (χ4n) is 5.66. The summed E-state index contributed by atoms with van der Waals surface area (Å²) in [5.74, 6) is 0.749. The number of hydrogen-bond acceptors (Lipinski definition) is 3. The molecule has 0 amide bonds. The van der Waals surface area contributed by atoms with E-state index in [9.17, 15) is 0 Å². The molecule has 0 aliphatic rings. The number of nitrogens with zero attached hydrogens (tertiary/aromatic N) is 2. The predicted octanol–water partition coefficient (Wildman–Crippen LogP) is 10.2. The maximum atomic E-state index is 5.35. The highest BCUT2D eigenvalue weighted by Crippen LogP contribution is 2.44. The predicted molar refractivity (Wildman–Crippen MR) is 166 cm³/mol. The average Bonchev–Trinajstić information content (AvgIpc) is 3.40. The Bertz CT molecular complexity index is 2170. The van der Waals surface area contributed by atoms with Crippen LogP contribution in [0.3, 0.4) is 0 Å². The second-order valence-corrected chi connectivity index (χ2v) is 10.8. The maximum absolute atomic E-state index is 5.35. The van der Waals surface area contributed by atoms with Crippen molar-refractivity contribution >= 4 is 53.2 Å². The van der Waals surface area contributed by atoms with Gasteiger partial charge in [0.25, 0.3) is 0 Å². The van der Waals surface area contributed by atoms with Crippen molar-refractivity contribution in [3.05, 3.63) is 133 Å². The van der Waals surface area contributed by atoms with E-state index in [1.54, 1.807) is 11.3 Å². The van der Waals surface area contributed by atoms with E-state index in [4.69, 9.17) is 9.97 Å². The number of thiophene rings is 1. The van der Waals surface area contributed by atoms with Crippen molar-refractivity contribution in [3.63, 3.8) is 0 Å². The summed E-state index contributed by atoms with van der Waals surface area (Å²) in [6, 6.07) is 47.2. The van der Waals surface area contributed by atoms with E-state index in [1.807, 2.05) is 6.07 Å². The molecular weight excluding hydrogens is 492 g/mol. The first kappa shape index (κ1) is 22.2. The van der Waals surface area contributed by atoms with Gasteiger partial charge in [-0.2, -0.15) is 0 Å². The Morgan fingerprint density at radius 3 is 2.00 bits per heavy atom. The Morgan fingerprint density at radius 1 is 0.462 bits per heavy atom. The highest BCUT2D eigenvalue weighted by molar-refractivity contribution is 7.25. The first-order valence-electron chi connectivity index (χ1n) is 13.1. The van der Waals surface area contributed by atoms with Crippen LogP contribution in [0.2, 0.25) is 0 Å². The molecule has 0 bridgehead atoms. The summed E-state index contributed by atoms with van der Waals surface area (Å²) in [5, 5.41) is 7.24. The average molecular weight is 515 g/mol. The fraction of sp³-hybridized carbons (Fsp3) is 0. The molecule has 0 atom stereocenters. The molecule has 0 fully saturated rings. The van der Waals surface area contributed by atoms with E-state index in [-0.39, 0.29) is 0 Å². The smallest absolute Gasteiger partial charge is 0.161 e. The van der Waals surface area contributed by atoms with Gasteiger partial charge in [-0.15, -0.1) is 11.3 Å². The second kappa shape index (κ2) is 8.87. The summed E-state index contributed by atoms with van der Waals surface area (Å²) < 4.78 is 1.23. The zero-order chi connectivity index (χ0) is 25.8. The van der Waals surface area contributed by atoms with Crippen LogP contribution in [0.15, 0.2) is 133 Å². The summed E-state index contributed by atoms with van der Waals surface area (Å²) in [4.78, 5) is 11.6. The third kappa shape index (κ3) is 3.63. The molecule has 8 rings (SSSR count). The van der Waals surface area contributed by atoms with Gasteiger partial charge in [-0.1, -0.05) is 121 Å². The van der Waals surface area contributed by atoms with E-state index in [2.05, 4.69) is 127 Å². The molecule has 0 N–H and O–H groups in total. The third-order valence-corrected chi connectivity index (χ3v) is 8.54. The van der Waals surface area contributed by atoms with E-state index in [1.165, 1.54) is 37.2 Å². The van der Waals surface area contributed by atoms with Gasteiger partial charge in [-0.3, -0.25) is 0 Å². The molecule has 3 heteroatoms. The van der Waals surface area contributed by atoms with E-state index in [0.717, 1.165) is 38.4 Å². The van der Waals surface area contributed by atoms with Gasteiger partial charge in [-0.25, -0.2) is 9.97 Å². The van der Waals surface area contributed by atoms with Crippen LogP contribution in [0.5, 0.6) is 0 Å². The van der Waals surface area contributed by atoms with Crippen LogP contribution in [0.25, 0.3) is 75.6 Å². The van der Waals surface area contributed by atoms with Gasteiger partial charge in [0, 0.05) is 26.6 Å². The minimum absolute atomic E-state index is 0.749. The monoisotopic (exact) mass is 514 g/mol. The van der Waals surface area contributed by atoms with Crippen molar-refractivity contribution in [1.82, 2.24) is 9.97 Å². The van der Waals surface area contributed by atoms with Gasteiger partial charge in [0.15, 0.2) is 5.82 Å². The Morgan fingerprint density at radius 2 is 1.13 bits per heavy atom. The van der Waals surface area contributed by atoms with Crippen molar-refractivity contribution in [3.8, 4) is 33.8 Å². The van der Waals surface area contributed by atoms with Crippen molar-refractivity contribution in [2.24, 2.45) is 0 Å². The van der Waals surface area contributed by atoms with Crippen molar-refractivity contribution in [1.29, 1.82) is 0 Å². The first-order valence-corrected chi connectivity index (χ1v) is 13.9. The fourth-order valence-corrected chi connectivity index (χ4v) is 6.75. The van der Waals surface area contributed by atoms with Gasteiger partial charge >= 0.3 is 0 Å². The Balaban J connectivity index is 1.48. The lowest BCUT2D eigenvalue weighted by Crippen LogP contribution is -1.95. The summed E-state index contributed by atoms with van der Waals surface area (Å²) >= 11 is 1.75. The van der Waals surface area contributed by atoms with Gasteiger partial charge < -0.3 is 0 Å². The minimum atomic E-state index is 0.749. The molecule has 182 valence electrons. The lowest BCUT2D eigenvalue weighted by atomic mass is 9.97. The molecule has 0 saturated heterocycles. The molecule has 0 unspecified atom stereocenters. The standard InChI is InChI=1S/C36H22N2S/c1-2-10-23(11-3-1)26-15-8-16-27(22-26)35-37-34(30-19-9-14-24-12-4-6-17-28(24)30)33-32-29-18-7-5-13-25(29)20-21-31(32)39-36(33)38-35/h1-22H. The number of benzene rings is 6. The molecular formula is C36H22N2S. The molecule has 0 spiro atoms. The molecule has 0 radical (unpaired) electrons. The number of fused-ring (bicyclic) bond motifs is 6. The van der Waals surface area contributed by atoms with Crippen molar-refractivity contribution in [2.45, 2.75) is 0 Å². The van der Waals surface area contributed by atoms with E-state index < -0.39 is 0 Å². The van der Waals surface area contributed by atoms with Crippen LogP contribution in [0.1, 0.15) is 0 Å². The van der Waals surface area contributed by atoms with E-state index >= 15 is 0 Å². The Hall–Kier alpha value is -4.86. The molecule has 0 saturated carbocycles. The zero-order valence-electron chi connectivity index (χ0n) is 21.0. The van der Waals surface area contributed by atoms with Crippen LogP contribution in [-0.4, -0.2) is 9.97 Å². The van der Waals surface area contributed by atoms with Crippen LogP contribution in [0, 0.1) is 0 Å². The molecule has 0 aliphatic carbocycles. The molecule has 8 aromatic rings. The molecule has 2 nitrogen and oxygen atoms in total. The number of rotatable bonds is 3. The minimum Gasteiger partial charge on any atom is -0.227 e. The van der Waals surface area contributed by atoms with Crippen LogP contribution in [-0.2, 0) is 0 Å². The van der Waals surface area contributed by atoms with Crippen LogP contribution < -0.4 is 0 Å². The lowest BCUT2D eigenvalue weighted by molar-refractivity contribution is 1.24. The lowest BCUT2D eigenvalue weighted by Gasteiger charge is -2.11. The number of aromatic nitrogens is 2. The zero-order valence-corrected chi connectivity index (χ0v) is 21.8. The maximum Gasteiger partial charge on any atom is 0.161 e. The summed E-state index contributed by atoms with van der Waals surface area (Å²) in [7, 11) is 0. The highest BCUT2D eigenvalue weighted by Gasteiger charge is 2.20. The normalized spacial score (nSPS) is 11.6. The van der Waals surface area contributed by atoms with Gasteiger partial charge in [0.1, 0.15) is 4.83 Å². The summed E-state index contributed by atoms with van der Waals surface area (Å²) in [6.45, 7) is 0. The molecule has 6 aromatic carbocycles. The van der Waals surface area contributed by atoms with Crippen LogP contribution >= 0.6 is 11.3 Å². The SMILES string of the molecule is c1ccc(-c2cccc(-c3nc(-c4cccc5ccccc45)c4c(n3)sc3ccc5ccccc5c34)c2)cc1. The van der Waals surface area contributed by atoms with Crippen molar-refractivity contribution < 1.29 is 0 Å². The van der Waals surface area contributed by atoms with E-state index in [0.29, 0.717) is 0 Å². The molecule has 2 aromatic heterocycles. The van der Waals surface area contributed by atoms with Gasteiger partial charge in [-0.05, 0) is 44.8 Å². The first-order chi connectivity index (χ1) is 19.3. The topological polar surface area (TPSA) is 25.8 Å². The third-order valence-electron chi connectivity index (χ3n) is 7.50. The van der Waals surface area contributed by atoms with Crippen LogP contribution in [0.4, 0.5) is 0 Å². The largest absolute Gasteiger partial charge is 0.227 e. The van der Waals surface area contributed by atoms with Gasteiger partial charge in [0.2, 0.25) is 0 Å².